The van der Waals surface area contributed by atoms with Gasteiger partial charge < -0.3 is 15.3 Å². The standard InChI is InChI=1S/C22H25FN2O5S/c23-19-9-5-4-8-17(19)12-21(27)25-14-18(26)13-20(25)22(28)24-10-11-31(29,30)15-16-6-2-1-3-7-16/h1-9,18,20,26H,10-15H2,(H,24,28). The average Bonchev–Trinajstić information content (AvgIpc) is 3.12. The number of halogens is 1. The highest BCUT2D eigenvalue weighted by Crippen LogP contribution is 2.20. The van der Waals surface area contributed by atoms with Crippen molar-refractivity contribution in [1.29, 1.82) is 0 Å². The van der Waals surface area contributed by atoms with Crippen LogP contribution in [0.5, 0.6) is 0 Å². The van der Waals surface area contributed by atoms with Crippen molar-refractivity contribution in [3.63, 3.8) is 0 Å². The molecule has 2 unspecified atom stereocenters. The Morgan fingerprint density at radius 1 is 1.10 bits per heavy atom. The number of amides is 2. The van der Waals surface area contributed by atoms with E-state index in [0.29, 0.717) is 5.56 Å². The monoisotopic (exact) mass is 448 g/mol. The van der Waals surface area contributed by atoms with Crippen molar-refractivity contribution in [2.24, 2.45) is 0 Å². The molecule has 1 aliphatic heterocycles. The summed E-state index contributed by atoms with van der Waals surface area (Å²) in [7, 11) is -3.43. The highest BCUT2D eigenvalue weighted by Gasteiger charge is 2.38. The van der Waals surface area contributed by atoms with Gasteiger partial charge in [0.15, 0.2) is 9.84 Å². The van der Waals surface area contributed by atoms with Gasteiger partial charge in [0.2, 0.25) is 11.8 Å². The number of carbonyl (C=O) groups excluding carboxylic acids is 2. The predicted molar refractivity (Wildman–Crippen MR) is 113 cm³/mol. The Morgan fingerprint density at radius 2 is 1.77 bits per heavy atom. The lowest BCUT2D eigenvalue weighted by Crippen LogP contribution is -2.47. The van der Waals surface area contributed by atoms with Crippen LogP contribution >= 0.6 is 0 Å². The Kier molecular flexibility index (Phi) is 7.40. The van der Waals surface area contributed by atoms with Crippen LogP contribution in [-0.4, -0.2) is 61.2 Å². The van der Waals surface area contributed by atoms with Gasteiger partial charge in [-0.25, -0.2) is 12.8 Å². The van der Waals surface area contributed by atoms with E-state index in [1.54, 1.807) is 36.4 Å². The molecule has 7 nitrogen and oxygen atoms in total. The van der Waals surface area contributed by atoms with Crippen LogP contribution in [0.2, 0.25) is 0 Å². The fraction of sp³-hybridized carbons (Fsp3) is 0.364. The van der Waals surface area contributed by atoms with Crippen molar-refractivity contribution in [2.75, 3.05) is 18.8 Å². The molecular formula is C22H25FN2O5S. The molecule has 1 fully saturated rings. The highest BCUT2D eigenvalue weighted by atomic mass is 32.2. The summed E-state index contributed by atoms with van der Waals surface area (Å²) < 4.78 is 38.4. The number of aliphatic hydroxyl groups excluding tert-OH is 1. The number of likely N-dealkylation sites (tertiary alicyclic amines) is 1. The minimum Gasteiger partial charge on any atom is -0.391 e. The lowest BCUT2D eigenvalue weighted by Gasteiger charge is -2.24. The molecular weight excluding hydrogens is 423 g/mol. The van der Waals surface area contributed by atoms with E-state index in [9.17, 15) is 27.5 Å². The van der Waals surface area contributed by atoms with Crippen LogP contribution in [0.15, 0.2) is 54.6 Å². The molecule has 0 spiro atoms. The van der Waals surface area contributed by atoms with E-state index in [1.807, 2.05) is 0 Å². The average molecular weight is 449 g/mol. The summed E-state index contributed by atoms with van der Waals surface area (Å²) in [4.78, 5) is 26.4. The van der Waals surface area contributed by atoms with Crippen LogP contribution in [-0.2, 0) is 31.6 Å². The third kappa shape index (κ3) is 6.35. The Hall–Kier alpha value is -2.78. The Morgan fingerprint density at radius 3 is 2.48 bits per heavy atom. The molecule has 0 aliphatic carbocycles. The fourth-order valence-corrected chi connectivity index (χ4v) is 4.85. The first-order valence-corrected chi connectivity index (χ1v) is 11.8. The van der Waals surface area contributed by atoms with Gasteiger partial charge in [0.25, 0.3) is 0 Å². The van der Waals surface area contributed by atoms with E-state index in [1.165, 1.54) is 23.1 Å². The quantitative estimate of drug-likeness (QED) is 0.629. The highest BCUT2D eigenvalue weighted by molar-refractivity contribution is 7.90. The zero-order valence-electron chi connectivity index (χ0n) is 16.9. The van der Waals surface area contributed by atoms with Crippen LogP contribution in [0.25, 0.3) is 0 Å². The number of nitrogens with one attached hydrogen (secondary N) is 1. The molecule has 166 valence electrons. The Balaban J connectivity index is 1.55. The second-order valence-electron chi connectivity index (χ2n) is 7.59. The molecule has 2 aromatic carbocycles. The van der Waals surface area contributed by atoms with Gasteiger partial charge in [0.05, 0.1) is 24.0 Å². The molecule has 2 atom stereocenters. The van der Waals surface area contributed by atoms with Crippen molar-refractivity contribution >= 4 is 21.7 Å². The third-order valence-corrected chi connectivity index (χ3v) is 6.74. The number of nitrogens with zero attached hydrogens (tertiary/aromatic N) is 1. The van der Waals surface area contributed by atoms with E-state index in [-0.39, 0.29) is 43.0 Å². The van der Waals surface area contributed by atoms with E-state index in [4.69, 9.17) is 0 Å². The summed E-state index contributed by atoms with van der Waals surface area (Å²) in [6.45, 7) is -0.131. The molecule has 0 bridgehead atoms. The molecule has 1 heterocycles. The number of β-amino-alcohol motifs (C(OH)–C–C–N with tert-alkyl or cyclic N) is 1. The number of rotatable bonds is 8. The van der Waals surface area contributed by atoms with Gasteiger partial charge in [-0.15, -0.1) is 0 Å². The second-order valence-corrected chi connectivity index (χ2v) is 9.77. The molecule has 0 radical (unpaired) electrons. The molecule has 2 amide bonds. The van der Waals surface area contributed by atoms with Gasteiger partial charge in [-0.1, -0.05) is 48.5 Å². The molecule has 9 heteroatoms. The van der Waals surface area contributed by atoms with Crippen molar-refractivity contribution in [3.05, 3.63) is 71.5 Å². The molecule has 2 aromatic rings. The SMILES string of the molecule is O=C(NCCS(=O)(=O)Cc1ccccc1)C1CC(O)CN1C(=O)Cc1ccccc1F. The number of hydrogen-bond donors (Lipinski definition) is 2. The maximum Gasteiger partial charge on any atom is 0.242 e. The summed E-state index contributed by atoms with van der Waals surface area (Å²) in [5.41, 5.74) is 0.873. The van der Waals surface area contributed by atoms with E-state index < -0.39 is 39.6 Å². The zero-order chi connectivity index (χ0) is 22.4. The first kappa shape index (κ1) is 22.9. The first-order chi connectivity index (χ1) is 14.7. The van der Waals surface area contributed by atoms with Crippen molar-refractivity contribution in [3.8, 4) is 0 Å². The normalized spacial score (nSPS) is 18.7. The predicted octanol–water partition coefficient (Wildman–Crippen LogP) is 1.06. The maximum absolute atomic E-state index is 13.8. The minimum atomic E-state index is -3.43. The first-order valence-electron chi connectivity index (χ1n) is 9.98. The molecule has 31 heavy (non-hydrogen) atoms. The van der Waals surface area contributed by atoms with E-state index >= 15 is 0 Å². The molecule has 1 saturated heterocycles. The van der Waals surface area contributed by atoms with E-state index in [0.717, 1.165) is 0 Å². The van der Waals surface area contributed by atoms with Gasteiger partial charge in [0, 0.05) is 19.5 Å². The van der Waals surface area contributed by atoms with Crippen LogP contribution in [0.3, 0.4) is 0 Å². The van der Waals surface area contributed by atoms with Crippen LogP contribution in [0, 0.1) is 5.82 Å². The van der Waals surface area contributed by atoms with Crippen molar-refractivity contribution < 1.29 is 27.5 Å². The van der Waals surface area contributed by atoms with Gasteiger partial charge in [0.1, 0.15) is 11.9 Å². The summed E-state index contributed by atoms with van der Waals surface area (Å²) in [6, 6.07) is 13.7. The second kappa shape index (κ2) is 10.0. The van der Waals surface area contributed by atoms with E-state index in [2.05, 4.69) is 5.32 Å². The fourth-order valence-electron chi connectivity index (χ4n) is 3.59. The van der Waals surface area contributed by atoms with Crippen LogP contribution in [0.4, 0.5) is 4.39 Å². The van der Waals surface area contributed by atoms with Gasteiger partial charge in [-0.2, -0.15) is 0 Å². The number of carbonyl (C=O) groups is 2. The Labute approximate surface area is 180 Å². The summed E-state index contributed by atoms with van der Waals surface area (Å²) in [6.07, 6.45) is -1.05. The third-order valence-electron chi connectivity index (χ3n) is 5.14. The molecule has 1 aliphatic rings. The van der Waals surface area contributed by atoms with Crippen molar-refractivity contribution in [1.82, 2.24) is 10.2 Å². The van der Waals surface area contributed by atoms with Crippen molar-refractivity contribution in [2.45, 2.75) is 30.7 Å². The summed E-state index contributed by atoms with van der Waals surface area (Å²) in [5.74, 6) is -1.89. The maximum atomic E-state index is 13.8. The molecule has 3 rings (SSSR count). The van der Waals surface area contributed by atoms with Crippen LogP contribution in [0.1, 0.15) is 17.5 Å². The largest absolute Gasteiger partial charge is 0.391 e. The molecule has 0 saturated carbocycles. The Bertz CT molecular complexity index is 1030. The zero-order valence-corrected chi connectivity index (χ0v) is 17.7. The number of aliphatic hydroxyl groups is 1. The van der Waals surface area contributed by atoms with Gasteiger partial charge >= 0.3 is 0 Å². The molecule has 0 aromatic heterocycles. The lowest BCUT2D eigenvalue weighted by atomic mass is 10.1. The summed E-state index contributed by atoms with van der Waals surface area (Å²) >= 11 is 0. The number of hydrogen-bond acceptors (Lipinski definition) is 5. The van der Waals surface area contributed by atoms with Crippen LogP contribution < -0.4 is 5.32 Å². The smallest absolute Gasteiger partial charge is 0.242 e. The van der Waals surface area contributed by atoms with Gasteiger partial charge in [-0.05, 0) is 17.2 Å². The topological polar surface area (TPSA) is 104 Å². The van der Waals surface area contributed by atoms with Gasteiger partial charge in [-0.3, -0.25) is 9.59 Å². The summed E-state index contributed by atoms with van der Waals surface area (Å²) in [5, 5.41) is 12.5. The number of benzene rings is 2. The molecule has 2 N–H and O–H groups in total. The number of sulfone groups is 1. The minimum absolute atomic E-state index is 0.0301. The lowest BCUT2D eigenvalue weighted by molar-refractivity contribution is -0.138.